The fraction of sp³-hybridized carbons (Fsp3) is 0.294. The molecule has 0 aliphatic heterocycles. The molecule has 5 heteroatoms. The molecular formula is C17H21NO2S2. The maximum Gasteiger partial charge on any atom is 0.264 e. The van der Waals surface area contributed by atoms with Gasteiger partial charge in [0.15, 0.2) is 0 Å². The molecule has 0 spiro atoms. The lowest BCUT2D eigenvalue weighted by Crippen LogP contribution is -2.28. The van der Waals surface area contributed by atoms with Gasteiger partial charge in [-0.2, -0.15) is 0 Å². The lowest BCUT2D eigenvalue weighted by Gasteiger charge is -2.24. The summed E-state index contributed by atoms with van der Waals surface area (Å²) in [4.78, 5) is 1.36. The summed E-state index contributed by atoms with van der Waals surface area (Å²) in [5.74, 6) is 0. The first-order valence-corrected chi connectivity index (χ1v) is 9.64. The fourth-order valence-electron chi connectivity index (χ4n) is 2.70. The molecule has 22 heavy (non-hydrogen) atoms. The molecule has 0 radical (unpaired) electrons. The Hall–Kier alpha value is -1.46. The van der Waals surface area contributed by atoms with Crippen molar-refractivity contribution in [3.8, 4) is 0 Å². The third kappa shape index (κ3) is 3.15. The summed E-state index contributed by atoms with van der Waals surface area (Å²) in [5.41, 5.74) is 3.81. The van der Waals surface area contributed by atoms with Crippen molar-refractivity contribution < 1.29 is 8.42 Å². The van der Waals surface area contributed by atoms with Crippen LogP contribution in [0.25, 0.3) is 0 Å². The predicted molar refractivity (Wildman–Crippen MR) is 94.5 cm³/mol. The molecule has 0 fully saturated rings. The molecule has 0 bridgehead atoms. The molecule has 0 N–H and O–H groups in total. The van der Waals surface area contributed by atoms with Gasteiger partial charge in [0, 0.05) is 11.9 Å². The Morgan fingerprint density at radius 1 is 0.955 bits per heavy atom. The number of sulfonamides is 1. The van der Waals surface area contributed by atoms with Crippen molar-refractivity contribution in [1.29, 1.82) is 0 Å². The highest BCUT2D eigenvalue weighted by atomic mass is 32.2. The van der Waals surface area contributed by atoms with Crippen LogP contribution in [0.15, 0.2) is 46.2 Å². The molecule has 0 aliphatic carbocycles. The van der Waals surface area contributed by atoms with E-state index in [1.807, 2.05) is 51.3 Å². The molecule has 0 atom stereocenters. The summed E-state index contributed by atoms with van der Waals surface area (Å²) in [6.45, 7) is 5.90. The number of hydrogen-bond acceptors (Lipinski definition) is 3. The number of rotatable bonds is 4. The van der Waals surface area contributed by atoms with E-state index in [1.54, 1.807) is 30.9 Å². The number of anilines is 1. The zero-order chi connectivity index (χ0) is 16.5. The van der Waals surface area contributed by atoms with E-state index in [9.17, 15) is 8.42 Å². The van der Waals surface area contributed by atoms with Gasteiger partial charge >= 0.3 is 0 Å². The zero-order valence-electron chi connectivity index (χ0n) is 13.5. The van der Waals surface area contributed by atoms with Crippen molar-refractivity contribution >= 4 is 27.5 Å². The van der Waals surface area contributed by atoms with E-state index in [4.69, 9.17) is 0 Å². The van der Waals surface area contributed by atoms with Gasteiger partial charge in [-0.05, 0) is 62.4 Å². The molecule has 2 aromatic carbocycles. The second kappa shape index (κ2) is 6.34. The smallest absolute Gasteiger partial charge is 0.264 e. The van der Waals surface area contributed by atoms with Gasteiger partial charge in [0.05, 0.1) is 10.6 Å². The van der Waals surface area contributed by atoms with Crippen molar-refractivity contribution in [2.45, 2.75) is 30.6 Å². The van der Waals surface area contributed by atoms with Crippen LogP contribution < -0.4 is 4.31 Å². The maximum atomic E-state index is 12.8. The number of aryl methyl sites for hydroxylation is 3. The maximum absolute atomic E-state index is 12.8. The van der Waals surface area contributed by atoms with Crippen LogP contribution >= 0.6 is 11.8 Å². The predicted octanol–water partition coefficient (Wildman–Crippen LogP) is 4.16. The van der Waals surface area contributed by atoms with E-state index in [0.29, 0.717) is 4.90 Å². The van der Waals surface area contributed by atoms with E-state index >= 15 is 0 Å². The van der Waals surface area contributed by atoms with Gasteiger partial charge in [0.2, 0.25) is 0 Å². The number of benzene rings is 2. The molecule has 118 valence electrons. The van der Waals surface area contributed by atoms with Crippen LogP contribution in [0.2, 0.25) is 0 Å². The Kier molecular flexibility index (Phi) is 4.87. The summed E-state index contributed by atoms with van der Waals surface area (Å²) in [6, 6.07) is 11.0. The normalized spacial score (nSPS) is 11.5. The van der Waals surface area contributed by atoms with Crippen LogP contribution in [-0.2, 0) is 10.0 Å². The van der Waals surface area contributed by atoms with Crippen LogP contribution in [0.5, 0.6) is 0 Å². The Bertz CT molecular complexity index is 758. The monoisotopic (exact) mass is 335 g/mol. The topological polar surface area (TPSA) is 37.4 Å². The van der Waals surface area contributed by atoms with Gasteiger partial charge in [-0.1, -0.05) is 17.7 Å². The van der Waals surface area contributed by atoms with Crippen LogP contribution in [-0.4, -0.2) is 21.7 Å². The SMILES string of the molecule is CSc1ccc(S(=O)(=O)N(C)c2c(C)cc(C)cc2C)cc1. The first-order chi connectivity index (χ1) is 10.3. The number of hydrogen-bond donors (Lipinski definition) is 0. The van der Waals surface area contributed by atoms with E-state index < -0.39 is 10.0 Å². The highest BCUT2D eigenvalue weighted by Gasteiger charge is 2.23. The minimum Gasteiger partial charge on any atom is -0.269 e. The third-order valence-corrected chi connectivity index (χ3v) is 6.18. The van der Waals surface area contributed by atoms with Crippen LogP contribution in [0.4, 0.5) is 5.69 Å². The van der Waals surface area contributed by atoms with Crippen LogP contribution in [0, 0.1) is 20.8 Å². The summed E-state index contributed by atoms with van der Waals surface area (Å²) < 4.78 is 27.1. The minimum atomic E-state index is -3.55. The fourth-order valence-corrected chi connectivity index (χ4v) is 4.43. The lowest BCUT2D eigenvalue weighted by atomic mass is 10.1. The Labute approximate surface area is 137 Å². The average Bonchev–Trinajstić information content (AvgIpc) is 2.46. The Morgan fingerprint density at radius 3 is 1.91 bits per heavy atom. The molecule has 0 saturated carbocycles. The molecule has 3 nitrogen and oxygen atoms in total. The standard InChI is InChI=1S/C17H21NO2S2/c1-12-10-13(2)17(14(3)11-12)18(4)22(19,20)16-8-6-15(21-5)7-9-16/h6-11H,1-5H3. The van der Waals surface area contributed by atoms with Crippen molar-refractivity contribution in [2.24, 2.45) is 0 Å². The molecule has 0 amide bonds. The number of nitrogens with zero attached hydrogens (tertiary/aromatic N) is 1. The highest BCUT2D eigenvalue weighted by molar-refractivity contribution is 7.98. The lowest BCUT2D eigenvalue weighted by molar-refractivity contribution is 0.594. The van der Waals surface area contributed by atoms with Crippen molar-refractivity contribution in [2.75, 3.05) is 17.6 Å². The molecule has 2 aromatic rings. The van der Waals surface area contributed by atoms with E-state index in [1.165, 1.54) is 4.31 Å². The summed E-state index contributed by atoms with van der Waals surface area (Å²) in [6.07, 6.45) is 1.97. The second-order valence-corrected chi connectivity index (χ2v) is 8.24. The van der Waals surface area contributed by atoms with Gasteiger partial charge in [0.25, 0.3) is 10.0 Å². The van der Waals surface area contributed by atoms with Crippen LogP contribution in [0.1, 0.15) is 16.7 Å². The Balaban J connectivity index is 2.49. The van der Waals surface area contributed by atoms with Crippen molar-refractivity contribution in [3.63, 3.8) is 0 Å². The number of thioether (sulfide) groups is 1. The molecular weight excluding hydrogens is 314 g/mol. The van der Waals surface area contributed by atoms with E-state index in [-0.39, 0.29) is 0 Å². The van der Waals surface area contributed by atoms with Gasteiger partial charge in [-0.25, -0.2) is 8.42 Å². The summed E-state index contributed by atoms with van der Waals surface area (Å²) >= 11 is 1.59. The highest BCUT2D eigenvalue weighted by Crippen LogP contribution is 2.30. The third-order valence-electron chi connectivity index (χ3n) is 3.67. The molecule has 0 aliphatic rings. The molecule has 0 saturated heterocycles. The zero-order valence-corrected chi connectivity index (χ0v) is 15.2. The van der Waals surface area contributed by atoms with Crippen LogP contribution in [0.3, 0.4) is 0 Å². The van der Waals surface area contributed by atoms with Gasteiger partial charge in [-0.15, -0.1) is 11.8 Å². The van der Waals surface area contributed by atoms with Gasteiger partial charge < -0.3 is 0 Å². The first-order valence-electron chi connectivity index (χ1n) is 6.98. The van der Waals surface area contributed by atoms with Gasteiger partial charge in [-0.3, -0.25) is 4.31 Å². The summed E-state index contributed by atoms with van der Waals surface area (Å²) in [7, 11) is -1.94. The largest absolute Gasteiger partial charge is 0.269 e. The van der Waals surface area contributed by atoms with E-state index in [2.05, 4.69) is 0 Å². The molecule has 0 aromatic heterocycles. The Morgan fingerprint density at radius 2 is 1.45 bits per heavy atom. The van der Waals surface area contributed by atoms with Crippen molar-refractivity contribution in [3.05, 3.63) is 53.1 Å². The molecule has 0 heterocycles. The quantitative estimate of drug-likeness (QED) is 0.787. The minimum absolute atomic E-state index is 0.312. The first kappa shape index (κ1) is 16.9. The van der Waals surface area contributed by atoms with E-state index in [0.717, 1.165) is 27.3 Å². The molecule has 0 unspecified atom stereocenters. The second-order valence-electron chi connectivity index (χ2n) is 5.40. The van der Waals surface area contributed by atoms with Crippen molar-refractivity contribution in [1.82, 2.24) is 0 Å². The van der Waals surface area contributed by atoms with Gasteiger partial charge in [0.1, 0.15) is 0 Å². The average molecular weight is 335 g/mol. The summed E-state index contributed by atoms with van der Waals surface area (Å²) in [5, 5.41) is 0. The molecule has 2 rings (SSSR count).